The monoisotopic (exact) mass is 790 g/mol. The van der Waals surface area contributed by atoms with E-state index in [0.29, 0.717) is 87.6 Å². The van der Waals surface area contributed by atoms with E-state index < -0.39 is 0 Å². The summed E-state index contributed by atoms with van der Waals surface area (Å²) in [6, 6.07) is 21.3. The van der Waals surface area contributed by atoms with Crippen molar-refractivity contribution < 1.29 is 28.7 Å². The minimum absolute atomic E-state index is 0.0700. The molecule has 0 unspecified atom stereocenters. The van der Waals surface area contributed by atoms with Crippen LogP contribution in [0, 0.1) is 0 Å². The summed E-state index contributed by atoms with van der Waals surface area (Å²) in [5.74, 6) is 1.15. The van der Waals surface area contributed by atoms with Crippen molar-refractivity contribution in [1.29, 1.82) is 0 Å². The van der Waals surface area contributed by atoms with Gasteiger partial charge in [0.1, 0.15) is 11.5 Å². The summed E-state index contributed by atoms with van der Waals surface area (Å²) in [6.07, 6.45) is 13.0. The Balaban J connectivity index is 0.864. The third-order valence-corrected chi connectivity index (χ3v) is 10.8. The van der Waals surface area contributed by atoms with Crippen LogP contribution >= 0.6 is 0 Å². The molecular formula is C44H54N8O6. The number of nitrogens with zero attached hydrogens (tertiary/aromatic N) is 6. The van der Waals surface area contributed by atoms with Gasteiger partial charge in [-0.2, -0.15) is 0 Å². The summed E-state index contributed by atoms with van der Waals surface area (Å²) < 4.78 is 10.5. The second kappa shape index (κ2) is 20.8. The first kappa shape index (κ1) is 41.5. The van der Waals surface area contributed by atoms with Gasteiger partial charge in [-0.05, 0) is 111 Å². The Morgan fingerprint density at radius 3 is 1.29 bits per heavy atom. The van der Waals surface area contributed by atoms with Crippen LogP contribution in [-0.4, -0.2) is 109 Å². The molecule has 0 aliphatic carbocycles. The predicted octanol–water partition coefficient (Wildman–Crippen LogP) is 6.40. The van der Waals surface area contributed by atoms with E-state index in [1.54, 1.807) is 87.5 Å². The Morgan fingerprint density at radius 1 is 0.586 bits per heavy atom. The van der Waals surface area contributed by atoms with Crippen LogP contribution in [0.1, 0.15) is 72.1 Å². The third kappa shape index (κ3) is 10.8. The first-order valence-corrected chi connectivity index (χ1v) is 20.2. The minimum atomic E-state index is -0.109. The smallest absolute Gasteiger partial charge is 0.317 e. The average Bonchev–Trinajstić information content (AvgIpc) is 3.28. The molecule has 4 heterocycles. The molecule has 0 bridgehead atoms. The number of urea groups is 2. The first-order chi connectivity index (χ1) is 28.4. The summed E-state index contributed by atoms with van der Waals surface area (Å²) in [5.41, 5.74) is 2.59. The fourth-order valence-electron chi connectivity index (χ4n) is 7.60. The molecule has 0 atom stereocenters. The van der Waals surface area contributed by atoms with E-state index in [9.17, 15) is 19.2 Å². The number of hydrogen-bond donors (Lipinski definition) is 2. The molecule has 2 aliphatic heterocycles. The molecular weight excluding hydrogens is 737 g/mol. The van der Waals surface area contributed by atoms with E-state index in [1.165, 1.54) is 0 Å². The van der Waals surface area contributed by atoms with E-state index in [1.807, 2.05) is 43.9 Å². The van der Waals surface area contributed by atoms with Crippen LogP contribution in [0.2, 0.25) is 0 Å². The zero-order valence-corrected chi connectivity index (χ0v) is 33.4. The number of carbonyl (C=O) groups excluding carboxylic acids is 4. The molecule has 6 amide bonds. The summed E-state index contributed by atoms with van der Waals surface area (Å²) in [6.45, 7) is 3.34. The number of unbranched alkanes of at least 4 members (excludes halogenated alkanes) is 3. The fourth-order valence-corrected chi connectivity index (χ4v) is 7.60. The molecule has 2 N–H and O–H groups in total. The number of anilines is 2. The van der Waals surface area contributed by atoms with Gasteiger partial charge in [0, 0.05) is 74.9 Å². The van der Waals surface area contributed by atoms with E-state index in [-0.39, 0.29) is 36.0 Å². The van der Waals surface area contributed by atoms with Crippen LogP contribution in [0.5, 0.6) is 11.5 Å². The van der Waals surface area contributed by atoms with E-state index in [0.717, 1.165) is 37.1 Å². The number of amides is 6. The molecule has 306 valence electrons. The number of nitrogens with one attached hydrogen (secondary N) is 2. The zero-order chi connectivity index (χ0) is 40.7. The molecule has 4 aromatic rings. The first-order valence-electron chi connectivity index (χ1n) is 20.2. The third-order valence-electron chi connectivity index (χ3n) is 10.8. The highest BCUT2D eigenvalue weighted by Gasteiger charge is 2.33. The Bertz CT molecular complexity index is 1780. The van der Waals surface area contributed by atoms with Gasteiger partial charge in [0.2, 0.25) is 0 Å². The van der Waals surface area contributed by atoms with Gasteiger partial charge in [0.25, 0.3) is 11.8 Å². The highest BCUT2D eigenvalue weighted by Crippen LogP contribution is 2.28. The number of rotatable bonds is 15. The topological polar surface area (TPSA) is 150 Å². The fraction of sp³-hybridized carbons (Fsp3) is 0.409. The van der Waals surface area contributed by atoms with Crippen molar-refractivity contribution in [3.63, 3.8) is 0 Å². The molecule has 2 saturated heterocycles. The molecule has 0 spiro atoms. The number of ether oxygens (including phenoxy) is 2. The number of hydrogen-bond acceptors (Lipinski definition) is 8. The van der Waals surface area contributed by atoms with Gasteiger partial charge in [-0.15, -0.1) is 0 Å². The Hall–Kier alpha value is -6.18. The number of likely N-dealkylation sites (tertiary alicyclic amines) is 2. The quantitative estimate of drug-likeness (QED) is 0.132. The Morgan fingerprint density at radius 2 is 0.966 bits per heavy atom. The number of pyridine rings is 2. The van der Waals surface area contributed by atoms with Gasteiger partial charge in [0.15, 0.2) is 0 Å². The number of benzene rings is 2. The lowest BCUT2D eigenvalue weighted by molar-refractivity contribution is 0.0955. The maximum Gasteiger partial charge on any atom is 0.317 e. The maximum atomic E-state index is 13.7. The summed E-state index contributed by atoms with van der Waals surface area (Å²) in [7, 11) is 3.19. The standard InChI is InChI=1S/C44H54N8O6/c1-57-39-15-11-33(12-16-39)41(53)51(37-9-7-23-45-31-37)35-19-27-49(28-20-35)43(55)47-25-5-3-4-6-26-48-44(56)50-29-21-36(22-30-50)52(38-10-8-24-46-32-38)42(54)34-13-17-40(58-2)18-14-34/h7-18,23-24,31-32,35-36H,3-6,19-22,25-30H2,1-2H3,(H,47,55)(H,48,56). The maximum absolute atomic E-state index is 13.7. The minimum Gasteiger partial charge on any atom is -0.497 e. The second-order valence-corrected chi connectivity index (χ2v) is 14.5. The van der Waals surface area contributed by atoms with E-state index in [2.05, 4.69) is 20.6 Å². The average molecular weight is 791 g/mol. The number of carbonyl (C=O) groups is 4. The lowest BCUT2D eigenvalue weighted by Gasteiger charge is -2.38. The largest absolute Gasteiger partial charge is 0.497 e. The summed E-state index contributed by atoms with van der Waals surface area (Å²) >= 11 is 0. The molecule has 2 fully saturated rings. The van der Waals surface area contributed by atoms with Crippen molar-refractivity contribution >= 4 is 35.3 Å². The molecule has 6 rings (SSSR count). The van der Waals surface area contributed by atoms with Crippen LogP contribution in [-0.2, 0) is 0 Å². The van der Waals surface area contributed by atoms with Crippen molar-refractivity contribution in [2.24, 2.45) is 0 Å². The van der Waals surface area contributed by atoms with Gasteiger partial charge in [0.05, 0.1) is 38.0 Å². The lowest BCUT2D eigenvalue weighted by atomic mass is 10.0. The van der Waals surface area contributed by atoms with Crippen molar-refractivity contribution in [3.8, 4) is 11.5 Å². The van der Waals surface area contributed by atoms with Crippen molar-refractivity contribution in [2.75, 3.05) is 63.3 Å². The van der Waals surface area contributed by atoms with Gasteiger partial charge in [-0.25, -0.2) is 9.59 Å². The van der Waals surface area contributed by atoms with Crippen molar-refractivity contribution in [3.05, 3.63) is 109 Å². The molecule has 2 aliphatic rings. The van der Waals surface area contributed by atoms with Crippen molar-refractivity contribution in [1.82, 2.24) is 30.4 Å². The number of aromatic nitrogens is 2. The molecule has 2 aromatic carbocycles. The molecule has 0 radical (unpaired) electrons. The van der Waals surface area contributed by atoms with Crippen LogP contribution in [0.4, 0.5) is 21.0 Å². The molecule has 58 heavy (non-hydrogen) atoms. The number of methoxy groups -OCH3 is 2. The molecule has 14 nitrogen and oxygen atoms in total. The van der Waals surface area contributed by atoms with Gasteiger partial charge < -0.3 is 39.7 Å². The molecule has 14 heteroatoms. The normalized spacial score (nSPS) is 14.7. The Labute approximate surface area is 340 Å². The van der Waals surface area contributed by atoms with Gasteiger partial charge in [-0.3, -0.25) is 19.6 Å². The van der Waals surface area contributed by atoms with Crippen LogP contribution in [0.25, 0.3) is 0 Å². The molecule has 0 saturated carbocycles. The predicted molar refractivity (Wildman–Crippen MR) is 223 cm³/mol. The SMILES string of the molecule is COc1ccc(C(=O)N(c2cccnc2)C2CCN(C(=O)NCCCCCCNC(=O)N3CCC(N(C(=O)c4ccc(OC)cc4)c4cccnc4)CC3)CC2)cc1. The lowest BCUT2D eigenvalue weighted by Crippen LogP contribution is -2.51. The highest BCUT2D eigenvalue weighted by molar-refractivity contribution is 6.07. The van der Waals surface area contributed by atoms with Crippen LogP contribution in [0.15, 0.2) is 97.6 Å². The second-order valence-electron chi connectivity index (χ2n) is 14.5. The summed E-state index contributed by atoms with van der Waals surface area (Å²) in [5, 5.41) is 6.11. The van der Waals surface area contributed by atoms with Crippen LogP contribution in [0.3, 0.4) is 0 Å². The van der Waals surface area contributed by atoms with E-state index >= 15 is 0 Å². The Kier molecular flexibility index (Phi) is 14.9. The highest BCUT2D eigenvalue weighted by atomic mass is 16.5. The zero-order valence-electron chi connectivity index (χ0n) is 33.4. The van der Waals surface area contributed by atoms with Gasteiger partial charge in [-0.1, -0.05) is 12.8 Å². The number of piperidine rings is 2. The van der Waals surface area contributed by atoms with Crippen molar-refractivity contribution in [2.45, 2.75) is 63.5 Å². The molecule has 2 aromatic heterocycles. The van der Waals surface area contributed by atoms with E-state index in [4.69, 9.17) is 9.47 Å². The summed E-state index contributed by atoms with van der Waals surface area (Å²) in [4.78, 5) is 69.2. The van der Waals surface area contributed by atoms with Gasteiger partial charge >= 0.3 is 12.1 Å². The van der Waals surface area contributed by atoms with Crippen LogP contribution < -0.4 is 29.9 Å².